The summed E-state index contributed by atoms with van der Waals surface area (Å²) in [6, 6.07) is 6.18. The summed E-state index contributed by atoms with van der Waals surface area (Å²) in [6.45, 7) is 4.44. The molecule has 0 unspecified atom stereocenters. The first-order valence-electron chi connectivity index (χ1n) is 7.61. The van der Waals surface area contributed by atoms with Crippen LogP contribution in [0, 0.1) is 13.8 Å². The molecule has 2 amide bonds. The molecule has 1 heterocycles. The fraction of sp³-hybridized carbons (Fsp3) is 0.353. The van der Waals surface area contributed by atoms with E-state index in [2.05, 4.69) is 41.6 Å². The summed E-state index contributed by atoms with van der Waals surface area (Å²) >= 11 is 1.39. The Labute approximate surface area is 145 Å². The summed E-state index contributed by atoms with van der Waals surface area (Å²) in [6.07, 6.45) is 0. The Bertz CT molecular complexity index is 742. The number of likely N-dealkylation sites (N-methyl/N-ethyl adjacent to an activating group) is 2. The van der Waals surface area contributed by atoms with Gasteiger partial charge in [0, 0.05) is 18.0 Å². The lowest BCUT2D eigenvalue weighted by Gasteiger charge is -2.14. The highest BCUT2D eigenvalue weighted by Crippen LogP contribution is 2.26. The Morgan fingerprint density at radius 3 is 2.54 bits per heavy atom. The van der Waals surface area contributed by atoms with Gasteiger partial charge < -0.3 is 10.6 Å². The number of hydrogen-bond donors (Lipinski definition) is 2. The quantitative estimate of drug-likeness (QED) is 0.839. The SMILES string of the molecule is CNC(=O)CN(C)CC(=O)Nc1nc(-c2ccc(C)c(C)c2)cs1. The summed E-state index contributed by atoms with van der Waals surface area (Å²) in [7, 11) is 3.29. The highest BCUT2D eigenvalue weighted by atomic mass is 32.1. The van der Waals surface area contributed by atoms with E-state index in [1.54, 1.807) is 19.0 Å². The van der Waals surface area contributed by atoms with Crippen molar-refractivity contribution in [2.45, 2.75) is 13.8 Å². The Morgan fingerprint density at radius 2 is 1.88 bits per heavy atom. The van der Waals surface area contributed by atoms with Gasteiger partial charge in [-0.25, -0.2) is 4.98 Å². The molecule has 2 N–H and O–H groups in total. The highest BCUT2D eigenvalue weighted by molar-refractivity contribution is 7.14. The molecule has 0 bridgehead atoms. The van der Waals surface area contributed by atoms with Crippen molar-refractivity contribution < 1.29 is 9.59 Å². The van der Waals surface area contributed by atoms with Crippen LogP contribution in [-0.2, 0) is 9.59 Å². The van der Waals surface area contributed by atoms with Crippen molar-refractivity contribution in [3.63, 3.8) is 0 Å². The summed E-state index contributed by atoms with van der Waals surface area (Å²) < 4.78 is 0. The molecule has 7 heteroatoms. The molecule has 2 aromatic rings. The van der Waals surface area contributed by atoms with Crippen molar-refractivity contribution in [3.05, 3.63) is 34.7 Å². The smallest absolute Gasteiger partial charge is 0.240 e. The fourth-order valence-electron chi connectivity index (χ4n) is 2.15. The van der Waals surface area contributed by atoms with Gasteiger partial charge in [-0.3, -0.25) is 14.5 Å². The molecule has 0 fully saturated rings. The third-order valence-electron chi connectivity index (χ3n) is 3.66. The molecule has 2 rings (SSSR count). The van der Waals surface area contributed by atoms with Crippen molar-refractivity contribution >= 4 is 28.3 Å². The first-order chi connectivity index (χ1) is 11.4. The number of benzene rings is 1. The molecule has 24 heavy (non-hydrogen) atoms. The Hall–Kier alpha value is -2.25. The maximum atomic E-state index is 12.0. The highest BCUT2D eigenvalue weighted by Gasteiger charge is 2.12. The van der Waals surface area contributed by atoms with Crippen LogP contribution in [0.2, 0.25) is 0 Å². The van der Waals surface area contributed by atoms with Gasteiger partial charge in [0.25, 0.3) is 0 Å². The Balaban J connectivity index is 1.97. The molecule has 0 saturated heterocycles. The predicted molar refractivity (Wildman–Crippen MR) is 97.2 cm³/mol. The molecule has 0 aliphatic heterocycles. The number of nitrogens with one attached hydrogen (secondary N) is 2. The third-order valence-corrected chi connectivity index (χ3v) is 4.42. The van der Waals surface area contributed by atoms with E-state index in [1.165, 1.54) is 22.5 Å². The van der Waals surface area contributed by atoms with Gasteiger partial charge in [0.05, 0.1) is 18.8 Å². The van der Waals surface area contributed by atoms with Gasteiger partial charge in [0.1, 0.15) is 0 Å². The number of nitrogens with zero attached hydrogens (tertiary/aromatic N) is 2. The lowest BCUT2D eigenvalue weighted by molar-refractivity contribution is -0.122. The van der Waals surface area contributed by atoms with E-state index in [4.69, 9.17) is 0 Å². The summed E-state index contributed by atoms with van der Waals surface area (Å²) in [4.78, 5) is 29.4. The van der Waals surface area contributed by atoms with E-state index >= 15 is 0 Å². The minimum absolute atomic E-state index is 0.128. The number of thiazole rings is 1. The van der Waals surface area contributed by atoms with E-state index < -0.39 is 0 Å². The summed E-state index contributed by atoms with van der Waals surface area (Å²) in [5.74, 6) is -0.320. The normalized spacial score (nSPS) is 10.7. The Morgan fingerprint density at radius 1 is 1.17 bits per heavy atom. The standard InChI is InChI=1S/C17H22N4O2S/c1-11-5-6-13(7-12(11)2)14-10-24-17(19-14)20-16(23)9-21(4)8-15(22)18-3/h5-7,10H,8-9H2,1-4H3,(H,18,22)(H,19,20,23). The van der Waals surface area contributed by atoms with E-state index in [0.29, 0.717) is 5.13 Å². The van der Waals surface area contributed by atoms with Gasteiger partial charge in [-0.05, 0) is 38.1 Å². The average Bonchev–Trinajstić information content (AvgIpc) is 2.97. The molecular formula is C17H22N4O2S. The van der Waals surface area contributed by atoms with Crippen LogP contribution in [0.5, 0.6) is 0 Å². The van der Waals surface area contributed by atoms with Crippen LogP contribution in [0.4, 0.5) is 5.13 Å². The van der Waals surface area contributed by atoms with Gasteiger partial charge in [0.15, 0.2) is 5.13 Å². The number of carbonyl (C=O) groups is 2. The minimum atomic E-state index is -0.192. The number of rotatable bonds is 6. The zero-order chi connectivity index (χ0) is 17.7. The Kier molecular flexibility index (Phi) is 6.05. The number of anilines is 1. The van der Waals surface area contributed by atoms with E-state index in [1.807, 2.05) is 11.4 Å². The van der Waals surface area contributed by atoms with Gasteiger partial charge in [-0.15, -0.1) is 11.3 Å². The van der Waals surface area contributed by atoms with Crippen molar-refractivity contribution in [3.8, 4) is 11.3 Å². The maximum absolute atomic E-state index is 12.0. The van der Waals surface area contributed by atoms with Crippen LogP contribution in [0.15, 0.2) is 23.6 Å². The van der Waals surface area contributed by atoms with Crippen LogP contribution < -0.4 is 10.6 Å². The van der Waals surface area contributed by atoms with Crippen LogP contribution in [0.1, 0.15) is 11.1 Å². The van der Waals surface area contributed by atoms with Gasteiger partial charge in [0.2, 0.25) is 11.8 Å². The zero-order valence-corrected chi connectivity index (χ0v) is 15.2. The van der Waals surface area contributed by atoms with Crippen LogP contribution in [-0.4, -0.2) is 48.9 Å². The number of aromatic nitrogens is 1. The second kappa shape index (κ2) is 8.03. The second-order valence-electron chi connectivity index (χ2n) is 5.73. The monoisotopic (exact) mass is 346 g/mol. The molecule has 0 spiro atoms. The number of aryl methyl sites for hydroxylation is 2. The average molecular weight is 346 g/mol. The molecule has 128 valence electrons. The topological polar surface area (TPSA) is 74.3 Å². The zero-order valence-electron chi connectivity index (χ0n) is 14.3. The predicted octanol–water partition coefficient (Wildman–Crippen LogP) is 2.04. The van der Waals surface area contributed by atoms with Gasteiger partial charge >= 0.3 is 0 Å². The molecular weight excluding hydrogens is 324 g/mol. The fourth-order valence-corrected chi connectivity index (χ4v) is 2.88. The largest absolute Gasteiger partial charge is 0.358 e. The van der Waals surface area contributed by atoms with Crippen molar-refractivity contribution in [2.75, 3.05) is 32.5 Å². The number of amides is 2. The van der Waals surface area contributed by atoms with Crippen molar-refractivity contribution in [2.24, 2.45) is 0 Å². The lowest BCUT2D eigenvalue weighted by atomic mass is 10.1. The molecule has 0 saturated carbocycles. The summed E-state index contributed by atoms with van der Waals surface area (Å²) in [5, 5.41) is 7.78. The third kappa shape index (κ3) is 4.87. The summed E-state index contributed by atoms with van der Waals surface area (Å²) in [5.41, 5.74) is 4.33. The van der Waals surface area contributed by atoms with Gasteiger partial charge in [-0.1, -0.05) is 12.1 Å². The maximum Gasteiger partial charge on any atom is 0.240 e. The minimum Gasteiger partial charge on any atom is -0.358 e. The number of carbonyl (C=O) groups excluding carboxylic acids is 2. The molecule has 0 atom stereocenters. The molecule has 0 radical (unpaired) electrons. The molecule has 1 aromatic carbocycles. The van der Waals surface area contributed by atoms with Crippen molar-refractivity contribution in [1.82, 2.24) is 15.2 Å². The van der Waals surface area contributed by atoms with E-state index in [9.17, 15) is 9.59 Å². The van der Waals surface area contributed by atoms with E-state index in [0.717, 1.165) is 11.3 Å². The molecule has 0 aliphatic carbocycles. The second-order valence-corrected chi connectivity index (χ2v) is 6.59. The molecule has 6 nitrogen and oxygen atoms in total. The first kappa shape index (κ1) is 18.1. The first-order valence-corrected chi connectivity index (χ1v) is 8.49. The molecule has 1 aromatic heterocycles. The van der Waals surface area contributed by atoms with Crippen LogP contribution in [0.3, 0.4) is 0 Å². The van der Waals surface area contributed by atoms with Crippen LogP contribution >= 0.6 is 11.3 Å². The lowest BCUT2D eigenvalue weighted by Crippen LogP contribution is -2.37. The molecule has 0 aliphatic rings. The van der Waals surface area contributed by atoms with Crippen LogP contribution in [0.25, 0.3) is 11.3 Å². The van der Waals surface area contributed by atoms with E-state index in [-0.39, 0.29) is 24.9 Å². The van der Waals surface area contributed by atoms with Crippen molar-refractivity contribution in [1.29, 1.82) is 0 Å². The van der Waals surface area contributed by atoms with Gasteiger partial charge in [-0.2, -0.15) is 0 Å². The number of hydrogen-bond acceptors (Lipinski definition) is 5.